The van der Waals surface area contributed by atoms with Crippen molar-refractivity contribution in [1.29, 1.82) is 0 Å². The molecule has 16 heavy (non-hydrogen) atoms. The lowest BCUT2D eigenvalue weighted by atomic mass is 9.95. The third kappa shape index (κ3) is 2.47. The molecule has 82 valence electrons. The number of halogens is 1. The molecule has 2 heterocycles. The minimum Gasteiger partial charge on any atom is -0.265 e. The summed E-state index contributed by atoms with van der Waals surface area (Å²) in [7, 11) is 0. The van der Waals surface area contributed by atoms with E-state index in [1.54, 1.807) is 6.20 Å². The average Bonchev–Trinajstić information content (AvgIpc) is 2.39. The van der Waals surface area contributed by atoms with E-state index in [1.807, 2.05) is 24.7 Å². The SMILES string of the molecule is CC(c1ccncc1)C(Br)c1cccnc1. The molecule has 0 radical (unpaired) electrons. The molecule has 2 aromatic rings. The Morgan fingerprint density at radius 2 is 1.75 bits per heavy atom. The van der Waals surface area contributed by atoms with Crippen molar-refractivity contribution in [2.45, 2.75) is 17.7 Å². The van der Waals surface area contributed by atoms with Crippen LogP contribution >= 0.6 is 15.9 Å². The summed E-state index contributed by atoms with van der Waals surface area (Å²) in [4.78, 5) is 8.45. The highest BCUT2D eigenvalue weighted by Crippen LogP contribution is 2.36. The molecule has 2 unspecified atom stereocenters. The number of alkyl halides is 1. The molecule has 2 rings (SSSR count). The van der Waals surface area contributed by atoms with Gasteiger partial charge >= 0.3 is 0 Å². The van der Waals surface area contributed by atoms with E-state index < -0.39 is 0 Å². The first-order valence-electron chi connectivity index (χ1n) is 5.23. The molecule has 2 nitrogen and oxygen atoms in total. The second kappa shape index (κ2) is 5.21. The molecule has 0 aliphatic rings. The molecular weight excluding hydrogens is 264 g/mol. The van der Waals surface area contributed by atoms with E-state index in [4.69, 9.17) is 0 Å². The van der Waals surface area contributed by atoms with E-state index >= 15 is 0 Å². The highest BCUT2D eigenvalue weighted by molar-refractivity contribution is 9.09. The molecule has 0 saturated heterocycles. The fourth-order valence-corrected chi connectivity index (χ4v) is 2.24. The number of nitrogens with zero attached hydrogens (tertiary/aromatic N) is 2. The normalized spacial score (nSPS) is 14.4. The van der Waals surface area contributed by atoms with Gasteiger partial charge in [-0.1, -0.05) is 28.9 Å². The van der Waals surface area contributed by atoms with Gasteiger partial charge in [0.05, 0.1) is 0 Å². The van der Waals surface area contributed by atoms with Crippen LogP contribution in [0.2, 0.25) is 0 Å². The van der Waals surface area contributed by atoms with E-state index in [1.165, 1.54) is 11.1 Å². The molecule has 0 spiro atoms. The van der Waals surface area contributed by atoms with Gasteiger partial charge in [-0.05, 0) is 35.2 Å². The highest BCUT2D eigenvalue weighted by atomic mass is 79.9. The zero-order valence-corrected chi connectivity index (χ0v) is 10.6. The van der Waals surface area contributed by atoms with Crippen molar-refractivity contribution < 1.29 is 0 Å². The van der Waals surface area contributed by atoms with Crippen molar-refractivity contribution in [3.05, 3.63) is 60.2 Å². The fraction of sp³-hybridized carbons (Fsp3) is 0.231. The van der Waals surface area contributed by atoms with E-state index in [0.717, 1.165) is 0 Å². The zero-order chi connectivity index (χ0) is 11.4. The predicted octanol–water partition coefficient (Wildman–Crippen LogP) is 3.72. The molecule has 0 fully saturated rings. The molecule has 3 heteroatoms. The minimum atomic E-state index is 0.281. The molecule has 0 aromatic carbocycles. The smallest absolute Gasteiger partial charge is 0.0476 e. The van der Waals surface area contributed by atoms with Crippen molar-refractivity contribution in [2.24, 2.45) is 0 Å². The molecule has 0 aliphatic heterocycles. The fourth-order valence-electron chi connectivity index (χ4n) is 1.66. The molecule has 0 N–H and O–H groups in total. The Labute approximate surface area is 104 Å². The van der Waals surface area contributed by atoms with E-state index in [2.05, 4.69) is 51.0 Å². The zero-order valence-electron chi connectivity index (χ0n) is 9.05. The van der Waals surface area contributed by atoms with Gasteiger partial charge in [-0.3, -0.25) is 9.97 Å². The van der Waals surface area contributed by atoms with Gasteiger partial charge in [0.1, 0.15) is 0 Å². The second-order valence-corrected chi connectivity index (χ2v) is 4.74. The summed E-state index contributed by atoms with van der Waals surface area (Å²) in [5.74, 6) is 0.396. The van der Waals surface area contributed by atoms with Gasteiger partial charge in [0.15, 0.2) is 0 Å². The summed E-state index contributed by atoms with van der Waals surface area (Å²) in [5, 5.41) is 0. The standard InChI is InChI=1S/C13H13BrN2/c1-10(11-4-7-15-8-5-11)13(14)12-3-2-6-16-9-12/h2-10,13H,1H3. The quantitative estimate of drug-likeness (QED) is 0.799. The van der Waals surface area contributed by atoms with Crippen molar-refractivity contribution >= 4 is 15.9 Å². The largest absolute Gasteiger partial charge is 0.265 e. The van der Waals surface area contributed by atoms with Crippen molar-refractivity contribution in [2.75, 3.05) is 0 Å². The molecule has 2 atom stereocenters. The lowest BCUT2D eigenvalue weighted by molar-refractivity contribution is 0.747. The van der Waals surface area contributed by atoms with Gasteiger partial charge in [-0.2, -0.15) is 0 Å². The second-order valence-electron chi connectivity index (χ2n) is 3.76. The van der Waals surface area contributed by atoms with E-state index in [0.29, 0.717) is 5.92 Å². The van der Waals surface area contributed by atoms with E-state index in [9.17, 15) is 0 Å². The van der Waals surface area contributed by atoms with Crippen molar-refractivity contribution in [3.63, 3.8) is 0 Å². The van der Waals surface area contributed by atoms with Crippen LogP contribution in [0.15, 0.2) is 49.1 Å². The molecular formula is C13H13BrN2. The Bertz CT molecular complexity index is 387. The third-order valence-electron chi connectivity index (χ3n) is 2.67. The maximum absolute atomic E-state index is 4.14. The van der Waals surface area contributed by atoms with Crippen LogP contribution in [0.25, 0.3) is 0 Å². The Morgan fingerprint density at radius 3 is 2.38 bits per heavy atom. The van der Waals surface area contributed by atoms with Gasteiger partial charge in [0, 0.05) is 29.6 Å². The Kier molecular flexibility index (Phi) is 3.67. The molecule has 0 amide bonds. The predicted molar refractivity (Wildman–Crippen MR) is 68.6 cm³/mol. The topological polar surface area (TPSA) is 25.8 Å². The minimum absolute atomic E-state index is 0.281. The van der Waals surface area contributed by atoms with Gasteiger partial charge in [-0.25, -0.2) is 0 Å². The average molecular weight is 277 g/mol. The van der Waals surface area contributed by atoms with Gasteiger partial charge in [-0.15, -0.1) is 0 Å². The van der Waals surface area contributed by atoms with Gasteiger partial charge in [0.25, 0.3) is 0 Å². The summed E-state index contributed by atoms with van der Waals surface area (Å²) in [5.41, 5.74) is 2.48. The van der Waals surface area contributed by atoms with Crippen LogP contribution in [0, 0.1) is 0 Å². The van der Waals surface area contributed by atoms with Crippen molar-refractivity contribution in [3.8, 4) is 0 Å². The van der Waals surface area contributed by atoms with Crippen LogP contribution in [-0.2, 0) is 0 Å². The summed E-state index contributed by atoms with van der Waals surface area (Å²) in [6, 6.07) is 8.15. The maximum atomic E-state index is 4.14. The van der Waals surface area contributed by atoms with Crippen LogP contribution in [-0.4, -0.2) is 9.97 Å². The first-order valence-corrected chi connectivity index (χ1v) is 6.14. The third-order valence-corrected chi connectivity index (χ3v) is 4.00. The Morgan fingerprint density at radius 1 is 1.00 bits per heavy atom. The first kappa shape index (κ1) is 11.3. The molecule has 0 aliphatic carbocycles. The number of hydrogen-bond donors (Lipinski definition) is 0. The van der Waals surface area contributed by atoms with Gasteiger partial charge < -0.3 is 0 Å². The molecule has 2 aromatic heterocycles. The van der Waals surface area contributed by atoms with Gasteiger partial charge in [0.2, 0.25) is 0 Å². The maximum Gasteiger partial charge on any atom is 0.0476 e. The van der Waals surface area contributed by atoms with Crippen LogP contribution < -0.4 is 0 Å². The number of pyridine rings is 2. The van der Waals surface area contributed by atoms with Crippen LogP contribution in [0.3, 0.4) is 0 Å². The van der Waals surface area contributed by atoms with Crippen LogP contribution in [0.5, 0.6) is 0 Å². The van der Waals surface area contributed by atoms with E-state index in [-0.39, 0.29) is 4.83 Å². The summed E-state index contributed by atoms with van der Waals surface area (Å²) < 4.78 is 0. The summed E-state index contributed by atoms with van der Waals surface area (Å²) in [6.45, 7) is 2.20. The van der Waals surface area contributed by atoms with Crippen LogP contribution in [0.4, 0.5) is 0 Å². The van der Waals surface area contributed by atoms with Crippen molar-refractivity contribution in [1.82, 2.24) is 9.97 Å². The number of hydrogen-bond acceptors (Lipinski definition) is 2. The molecule has 0 saturated carbocycles. The highest BCUT2D eigenvalue weighted by Gasteiger charge is 2.17. The first-order chi connectivity index (χ1) is 7.79. The number of aromatic nitrogens is 2. The summed E-state index contributed by atoms with van der Waals surface area (Å²) >= 11 is 3.73. The Balaban J connectivity index is 2.20. The Hall–Kier alpha value is -1.22. The lowest BCUT2D eigenvalue weighted by Gasteiger charge is -2.18. The molecule has 0 bridgehead atoms. The number of rotatable bonds is 3. The lowest BCUT2D eigenvalue weighted by Crippen LogP contribution is -2.02. The summed E-state index contributed by atoms with van der Waals surface area (Å²) in [6.07, 6.45) is 7.35. The van der Waals surface area contributed by atoms with Crippen LogP contribution in [0.1, 0.15) is 28.8 Å². The monoisotopic (exact) mass is 276 g/mol.